The van der Waals surface area contributed by atoms with Crippen molar-refractivity contribution in [3.63, 3.8) is 0 Å². The van der Waals surface area contributed by atoms with Gasteiger partial charge in [-0.2, -0.15) is 0 Å². The first kappa shape index (κ1) is 20.3. The van der Waals surface area contributed by atoms with Crippen LogP contribution in [0.3, 0.4) is 0 Å². The third kappa shape index (κ3) is 3.67. The fraction of sp³-hybridized carbons (Fsp3) is 0.250. The van der Waals surface area contributed by atoms with Gasteiger partial charge in [-0.1, -0.05) is 0 Å². The van der Waals surface area contributed by atoms with Gasteiger partial charge >= 0.3 is 187 Å². The summed E-state index contributed by atoms with van der Waals surface area (Å²) in [4.78, 5) is 4.79. The van der Waals surface area contributed by atoms with Crippen LogP contribution in [0.15, 0.2) is 71.3 Å². The summed E-state index contributed by atoms with van der Waals surface area (Å²) in [6.07, 6.45) is 2.97. The van der Waals surface area contributed by atoms with Crippen molar-refractivity contribution < 1.29 is 4.42 Å². The van der Waals surface area contributed by atoms with E-state index in [-0.39, 0.29) is 0 Å². The van der Waals surface area contributed by atoms with Crippen LogP contribution in [0.25, 0.3) is 44.0 Å². The summed E-state index contributed by atoms with van der Waals surface area (Å²) in [7, 11) is 0. The van der Waals surface area contributed by atoms with Crippen LogP contribution < -0.4 is 4.40 Å². The topological polar surface area (TPSA) is 26.0 Å². The van der Waals surface area contributed by atoms with Crippen molar-refractivity contribution in [1.82, 2.24) is 4.98 Å². The molecule has 0 unspecified atom stereocenters. The van der Waals surface area contributed by atoms with E-state index in [2.05, 4.69) is 91.8 Å². The van der Waals surface area contributed by atoms with Crippen molar-refractivity contribution in [2.75, 3.05) is 0 Å². The maximum absolute atomic E-state index is 6.40. The van der Waals surface area contributed by atoms with E-state index in [1.165, 1.54) is 26.1 Å². The summed E-state index contributed by atoms with van der Waals surface area (Å²) in [5.41, 5.74) is 5.28. The number of aromatic nitrogens is 1. The molecule has 0 saturated heterocycles. The van der Waals surface area contributed by atoms with Gasteiger partial charge in [-0.3, -0.25) is 0 Å². The zero-order valence-electron chi connectivity index (χ0n) is 19.0. The van der Waals surface area contributed by atoms with Crippen molar-refractivity contribution in [2.45, 2.75) is 37.5 Å². The molecule has 0 fully saturated rings. The van der Waals surface area contributed by atoms with Crippen LogP contribution >= 0.6 is 0 Å². The molecule has 0 aliphatic carbocycles. The number of rotatable bonds is 4. The predicted molar refractivity (Wildman–Crippen MR) is 136 cm³/mol. The molecule has 0 amide bonds. The molecule has 2 nitrogen and oxygen atoms in total. The molecular formula is C28H29GeNO. The first-order valence-electron chi connectivity index (χ1n) is 11.1. The van der Waals surface area contributed by atoms with Crippen molar-refractivity contribution in [3.05, 3.63) is 72.4 Å². The minimum absolute atomic E-state index is 0.593. The van der Waals surface area contributed by atoms with E-state index in [9.17, 15) is 0 Å². The Kier molecular flexibility index (Phi) is 4.93. The Balaban J connectivity index is 1.76. The van der Waals surface area contributed by atoms with Crippen molar-refractivity contribution in [3.8, 4) is 11.3 Å². The molecule has 0 atom stereocenters. The van der Waals surface area contributed by atoms with Crippen LogP contribution in [0.4, 0.5) is 0 Å². The van der Waals surface area contributed by atoms with Crippen molar-refractivity contribution in [2.24, 2.45) is 5.92 Å². The molecule has 5 rings (SSSR count). The Morgan fingerprint density at radius 2 is 1.68 bits per heavy atom. The fourth-order valence-electron chi connectivity index (χ4n) is 4.51. The molecule has 3 aromatic carbocycles. The molecule has 0 aliphatic heterocycles. The Morgan fingerprint density at radius 3 is 2.45 bits per heavy atom. The molecule has 2 heterocycles. The molecule has 3 heteroatoms. The van der Waals surface area contributed by atoms with Gasteiger partial charge in [0, 0.05) is 0 Å². The predicted octanol–water partition coefficient (Wildman–Crippen LogP) is 7.54. The van der Waals surface area contributed by atoms with Crippen LogP contribution in [0.1, 0.15) is 19.4 Å². The third-order valence-corrected chi connectivity index (χ3v) is 10.4. The normalized spacial score (nSPS) is 12.5. The van der Waals surface area contributed by atoms with Gasteiger partial charge in [0.2, 0.25) is 0 Å². The Hall–Kier alpha value is -2.59. The summed E-state index contributed by atoms with van der Waals surface area (Å²) in [5.74, 6) is 7.89. The number of hydrogen-bond donors (Lipinski definition) is 0. The molecule has 0 saturated carbocycles. The monoisotopic (exact) mass is 469 g/mol. The number of furan rings is 1. The average molecular weight is 468 g/mol. The Bertz CT molecular complexity index is 1420. The quantitative estimate of drug-likeness (QED) is 0.255. The second kappa shape index (κ2) is 7.52. The molecule has 0 spiro atoms. The van der Waals surface area contributed by atoms with Crippen LogP contribution in [0, 0.1) is 5.92 Å². The van der Waals surface area contributed by atoms with Gasteiger partial charge in [-0.15, -0.1) is 0 Å². The van der Waals surface area contributed by atoms with Crippen molar-refractivity contribution >= 4 is 50.4 Å². The van der Waals surface area contributed by atoms with E-state index in [4.69, 9.17) is 9.40 Å². The van der Waals surface area contributed by atoms with E-state index in [1.54, 1.807) is 0 Å². The van der Waals surface area contributed by atoms with E-state index < -0.39 is 13.3 Å². The number of fused-ring (bicyclic) bond motifs is 4. The summed E-state index contributed by atoms with van der Waals surface area (Å²) >= 11 is -1.92. The van der Waals surface area contributed by atoms with E-state index in [0.717, 1.165) is 34.2 Å². The summed E-state index contributed by atoms with van der Waals surface area (Å²) in [6.45, 7) is 4.55. The number of benzene rings is 3. The molecule has 0 bridgehead atoms. The fourth-order valence-corrected chi connectivity index (χ4v) is 6.95. The molecule has 0 aliphatic rings. The zero-order valence-corrected chi connectivity index (χ0v) is 21.1. The molecule has 2 aromatic heterocycles. The molecule has 156 valence electrons. The zero-order chi connectivity index (χ0) is 21.8. The number of hydrogen-bond acceptors (Lipinski definition) is 2. The van der Waals surface area contributed by atoms with Crippen LogP contribution in [-0.2, 0) is 6.42 Å². The van der Waals surface area contributed by atoms with E-state index >= 15 is 0 Å². The third-order valence-electron chi connectivity index (χ3n) is 6.10. The van der Waals surface area contributed by atoms with Gasteiger partial charge in [0.1, 0.15) is 0 Å². The van der Waals surface area contributed by atoms with Gasteiger partial charge in [0.15, 0.2) is 0 Å². The average Bonchev–Trinajstić information content (AvgIpc) is 3.10. The van der Waals surface area contributed by atoms with Gasteiger partial charge in [-0.25, -0.2) is 0 Å². The van der Waals surface area contributed by atoms with Crippen LogP contribution in [0.2, 0.25) is 17.3 Å². The second-order valence-corrected chi connectivity index (χ2v) is 20.7. The van der Waals surface area contributed by atoms with Gasteiger partial charge in [-0.05, 0) is 0 Å². The molecular weight excluding hydrogens is 439 g/mol. The number of nitrogens with zero attached hydrogens (tertiary/aromatic N) is 1. The van der Waals surface area contributed by atoms with Crippen LogP contribution in [-0.4, -0.2) is 18.3 Å². The first-order chi connectivity index (χ1) is 14.8. The van der Waals surface area contributed by atoms with Crippen LogP contribution in [0.5, 0.6) is 0 Å². The summed E-state index contributed by atoms with van der Waals surface area (Å²) in [5, 5.41) is 4.96. The number of pyridine rings is 1. The molecule has 0 radical (unpaired) electrons. The Morgan fingerprint density at radius 1 is 0.871 bits per heavy atom. The standard InChI is InChI=1S/C28H29GeNO/c1-18(2)14-20-16-21(15-19-8-6-7-9-23(19)20)27-28-24(12-13-30-27)25-17-22(29(3,4)5)10-11-26(25)31-28/h6-13,15-18H,14H2,1-5H3. The summed E-state index contributed by atoms with van der Waals surface area (Å²) < 4.78 is 7.90. The van der Waals surface area contributed by atoms with Crippen molar-refractivity contribution in [1.29, 1.82) is 0 Å². The Labute approximate surface area is 186 Å². The SMILES string of the molecule is CC(C)Cc1cc(-c2nccc3c2oc2cc[c]([Ge]([CH3])([CH3])[CH3])cc23)cc2ccccc12. The van der Waals surface area contributed by atoms with Gasteiger partial charge in [0.25, 0.3) is 0 Å². The molecule has 31 heavy (non-hydrogen) atoms. The maximum atomic E-state index is 6.40. The molecule has 0 N–H and O–H groups in total. The van der Waals surface area contributed by atoms with Gasteiger partial charge < -0.3 is 0 Å². The van der Waals surface area contributed by atoms with E-state index in [1.807, 2.05) is 6.20 Å². The minimum atomic E-state index is -1.92. The summed E-state index contributed by atoms with van der Waals surface area (Å²) in [6, 6.07) is 22.1. The second-order valence-electron chi connectivity index (χ2n) is 10.1. The first-order valence-corrected chi connectivity index (χ1v) is 18.5. The molecule has 5 aromatic rings. The van der Waals surface area contributed by atoms with Gasteiger partial charge in [0.05, 0.1) is 0 Å². The van der Waals surface area contributed by atoms with E-state index in [0.29, 0.717) is 5.92 Å².